The fraction of sp³-hybridized carbons (Fsp3) is 0.154. The minimum Gasteiger partial charge on any atom is -0.398 e. The van der Waals surface area contributed by atoms with Crippen LogP contribution in [-0.4, -0.2) is 4.98 Å². The number of nitrogen functional groups attached to an aromatic ring is 1. The van der Waals surface area contributed by atoms with Crippen LogP contribution in [0.2, 0.25) is 0 Å². The maximum absolute atomic E-state index is 5.85. The Kier molecular flexibility index (Phi) is 3.33. The lowest BCUT2D eigenvalue weighted by atomic mass is 10.2. The predicted octanol–water partition coefficient (Wildman–Crippen LogP) is 3.79. The van der Waals surface area contributed by atoms with Gasteiger partial charge in [0.15, 0.2) is 0 Å². The molecular formula is C13H14BrN3. The SMILES string of the molecule is Cc1cnc(Nc2cc(Br)ccc2C)cc1N. The Bertz CT molecular complexity index is 552. The van der Waals surface area contributed by atoms with E-state index in [0.717, 1.165) is 32.8 Å². The first-order valence-corrected chi connectivity index (χ1v) is 6.11. The minimum atomic E-state index is 0.746. The molecule has 17 heavy (non-hydrogen) atoms. The summed E-state index contributed by atoms with van der Waals surface area (Å²) in [6.07, 6.45) is 1.77. The maximum Gasteiger partial charge on any atom is 0.132 e. The van der Waals surface area contributed by atoms with Crippen LogP contribution >= 0.6 is 15.9 Å². The number of hydrogen-bond acceptors (Lipinski definition) is 3. The highest BCUT2D eigenvalue weighted by Crippen LogP contribution is 2.24. The van der Waals surface area contributed by atoms with Crippen molar-refractivity contribution in [3.05, 3.63) is 46.1 Å². The van der Waals surface area contributed by atoms with Crippen LogP contribution < -0.4 is 11.1 Å². The number of nitrogens with zero attached hydrogens (tertiary/aromatic N) is 1. The zero-order valence-electron chi connectivity index (χ0n) is 9.79. The van der Waals surface area contributed by atoms with Crippen molar-refractivity contribution in [3.63, 3.8) is 0 Å². The molecule has 0 aliphatic heterocycles. The minimum absolute atomic E-state index is 0.746. The molecule has 0 aliphatic carbocycles. The van der Waals surface area contributed by atoms with Gasteiger partial charge in [-0.2, -0.15) is 0 Å². The first-order valence-electron chi connectivity index (χ1n) is 5.31. The lowest BCUT2D eigenvalue weighted by Crippen LogP contribution is -1.98. The van der Waals surface area contributed by atoms with Crippen molar-refractivity contribution < 1.29 is 0 Å². The van der Waals surface area contributed by atoms with E-state index in [1.165, 1.54) is 0 Å². The summed E-state index contributed by atoms with van der Waals surface area (Å²) in [6.45, 7) is 3.99. The van der Waals surface area contributed by atoms with E-state index in [9.17, 15) is 0 Å². The van der Waals surface area contributed by atoms with E-state index in [1.54, 1.807) is 6.20 Å². The average Bonchev–Trinajstić information content (AvgIpc) is 2.29. The lowest BCUT2D eigenvalue weighted by Gasteiger charge is -2.10. The zero-order valence-corrected chi connectivity index (χ0v) is 11.4. The largest absolute Gasteiger partial charge is 0.398 e. The first-order chi connectivity index (χ1) is 8.06. The quantitative estimate of drug-likeness (QED) is 0.885. The summed E-state index contributed by atoms with van der Waals surface area (Å²) in [5.74, 6) is 0.759. The summed E-state index contributed by atoms with van der Waals surface area (Å²) in [4.78, 5) is 4.30. The van der Waals surface area contributed by atoms with E-state index >= 15 is 0 Å². The number of anilines is 3. The van der Waals surface area contributed by atoms with Gasteiger partial charge < -0.3 is 11.1 Å². The van der Waals surface area contributed by atoms with E-state index in [4.69, 9.17) is 5.73 Å². The number of hydrogen-bond donors (Lipinski definition) is 2. The monoisotopic (exact) mass is 291 g/mol. The van der Waals surface area contributed by atoms with Crippen molar-refractivity contribution in [2.45, 2.75) is 13.8 Å². The molecule has 2 rings (SSSR count). The van der Waals surface area contributed by atoms with Gasteiger partial charge in [-0.05, 0) is 37.1 Å². The van der Waals surface area contributed by atoms with Crippen molar-refractivity contribution in [1.82, 2.24) is 4.98 Å². The van der Waals surface area contributed by atoms with Gasteiger partial charge >= 0.3 is 0 Å². The molecular weight excluding hydrogens is 278 g/mol. The number of aromatic nitrogens is 1. The highest BCUT2D eigenvalue weighted by molar-refractivity contribution is 9.10. The van der Waals surface area contributed by atoms with Gasteiger partial charge in [-0.1, -0.05) is 22.0 Å². The molecule has 0 amide bonds. The van der Waals surface area contributed by atoms with E-state index < -0.39 is 0 Å². The molecule has 0 bridgehead atoms. The number of nitrogens with two attached hydrogens (primary N) is 1. The fourth-order valence-corrected chi connectivity index (χ4v) is 1.84. The van der Waals surface area contributed by atoms with Crippen LogP contribution in [0.25, 0.3) is 0 Å². The van der Waals surface area contributed by atoms with Gasteiger partial charge in [-0.3, -0.25) is 0 Å². The normalized spacial score (nSPS) is 10.3. The average molecular weight is 292 g/mol. The molecule has 4 heteroatoms. The van der Waals surface area contributed by atoms with Crippen molar-refractivity contribution in [3.8, 4) is 0 Å². The summed E-state index contributed by atoms with van der Waals surface area (Å²) in [7, 11) is 0. The number of rotatable bonds is 2. The first kappa shape index (κ1) is 11.9. The van der Waals surface area contributed by atoms with Gasteiger partial charge in [0.1, 0.15) is 5.82 Å². The third kappa shape index (κ3) is 2.77. The third-order valence-electron chi connectivity index (χ3n) is 2.61. The molecule has 1 aromatic heterocycles. The molecule has 88 valence electrons. The van der Waals surface area contributed by atoms with Gasteiger partial charge in [0.2, 0.25) is 0 Å². The van der Waals surface area contributed by atoms with Crippen LogP contribution in [0.4, 0.5) is 17.2 Å². The second-order valence-electron chi connectivity index (χ2n) is 4.01. The summed E-state index contributed by atoms with van der Waals surface area (Å²) in [6, 6.07) is 7.92. The van der Waals surface area contributed by atoms with E-state index in [-0.39, 0.29) is 0 Å². The van der Waals surface area contributed by atoms with Crippen LogP contribution in [0.15, 0.2) is 34.9 Å². The number of halogens is 1. The Hall–Kier alpha value is -1.55. The van der Waals surface area contributed by atoms with Crippen LogP contribution in [0.5, 0.6) is 0 Å². The lowest BCUT2D eigenvalue weighted by molar-refractivity contribution is 1.26. The molecule has 3 nitrogen and oxygen atoms in total. The highest BCUT2D eigenvalue weighted by atomic mass is 79.9. The number of pyridine rings is 1. The van der Waals surface area contributed by atoms with Crippen LogP contribution in [0, 0.1) is 13.8 Å². The smallest absolute Gasteiger partial charge is 0.132 e. The molecule has 0 saturated carbocycles. The van der Waals surface area contributed by atoms with Crippen LogP contribution in [-0.2, 0) is 0 Å². The van der Waals surface area contributed by atoms with E-state index in [1.807, 2.05) is 38.1 Å². The van der Waals surface area contributed by atoms with Gasteiger partial charge in [0.25, 0.3) is 0 Å². The fourth-order valence-electron chi connectivity index (χ4n) is 1.47. The summed E-state index contributed by atoms with van der Waals surface area (Å²) >= 11 is 3.45. The molecule has 0 unspecified atom stereocenters. The number of benzene rings is 1. The van der Waals surface area contributed by atoms with Crippen molar-refractivity contribution in [2.75, 3.05) is 11.1 Å². The van der Waals surface area contributed by atoms with Gasteiger partial charge in [-0.25, -0.2) is 4.98 Å². The second kappa shape index (κ2) is 4.75. The molecule has 0 aliphatic rings. The van der Waals surface area contributed by atoms with E-state index in [0.29, 0.717) is 0 Å². The standard InChI is InChI=1S/C13H14BrN3/c1-8-3-4-10(14)5-12(8)17-13-6-11(15)9(2)7-16-13/h3-7H,1-2H3,(H3,15,16,17). The maximum atomic E-state index is 5.85. The molecule has 0 radical (unpaired) electrons. The zero-order chi connectivity index (χ0) is 12.4. The molecule has 1 aromatic carbocycles. The van der Waals surface area contributed by atoms with Crippen LogP contribution in [0.1, 0.15) is 11.1 Å². The summed E-state index contributed by atoms with van der Waals surface area (Å²) in [5.41, 5.74) is 9.77. The third-order valence-corrected chi connectivity index (χ3v) is 3.10. The van der Waals surface area contributed by atoms with Gasteiger partial charge in [-0.15, -0.1) is 0 Å². The Morgan fingerprint density at radius 3 is 2.65 bits per heavy atom. The predicted molar refractivity (Wildman–Crippen MR) is 75.5 cm³/mol. The molecule has 0 saturated heterocycles. The molecule has 0 atom stereocenters. The second-order valence-corrected chi connectivity index (χ2v) is 4.93. The topological polar surface area (TPSA) is 50.9 Å². The number of aryl methyl sites for hydroxylation is 2. The Morgan fingerprint density at radius 1 is 1.18 bits per heavy atom. The summed E-state index contributed by atoms with van der Waals surface area (Å²) in [5, 5.41) is 3.26. The Morgan fingerprint density at radius 2 is 1.94 bits per heavy atom. The van der Waals surface area contributed by atoms with Crippen molar-refractivity contribution >= 4 is 33.1 Å². The van der Waals surface area contributed by atoms with Crippen LogP contribution in [0.3, 0.4) is 0 Å². The highest BCUT2D eigenvalue weighted by Gasteiger charge is 2.02. The molecule has 3 N–H and O–H groups in total. The van der Waals surface area contributed by atoms with E-state index in [2.05, 4.69) is 26.2 Å². The Labute approximate surface area is 109 Å². The molecule has 0 fully saturated rings. The van der Waals surface area contributed by atoms with Gasteiger partial charge in [0.05, 0.1) is 0 Å². The van der Waals surface area contributed by atoms with Crippen molar-refractivity contribution in [2.24, 2.45) is 0 Å². The molecule has 1 heterocycles. The Balaban J connectivity index is 2.31. The van der Waals surface area contributed by atoms with Crippen molar-refractivity contribution in [1.29, 1.82) is 0 Å². The van der Waals surface area contributed by atoms with Gasteiger partial charge in [0, 0.05) is 28.1 Å². The molecule has 0 spiro atoms. The molecule has 2 aromatic rings. The number of nitrogens with one attached hydrogen (secondary N) is 1. The summed E-state index contributed by atoms with van der Waals surface area (Å²) < 4.78 is 1.03.